The van der Waals surface area contributed by atoms with Gasteiger partial charge in [-0.2, -0.15) is 10.2 Å². The normalized spacial score (nSPS) is 11.0. The highest BCUT2D eigenvalue weighted by Crippen LogP contribution is 2.17. The maximum absolute atomic E-state index is 13.1. The van der Waals surface area contributed by atoms with Gasteiger partial charge in [-0.05, 0) is 55.8 Å². The van der Waals surface area contributed by atoms with Crippen LogP contribution < -0.4 is 10.5 Å². The number of carbonyl (C=O) groups is 1. The summed E-state index contributed by atoms with van der Waals surface area (Å²) in [4.78, 5) is 10.7. The molecule has 0 aliphatic heterocycles. The summed E-state index contributed by atoms with van der Waals surface area (Å²) in [6, 6.07) is 12.2. The van der Waals surface area contributed by atoms with E-state index in [1.807, 2.05) is 13.8 Å². The largest absolute Gasteiger partial charge is 0.545 e. The molecule has 0 atom stereocenters. The molecule has 0 saturated heterocycles. The van der Waals surface area contributed by atoms with Crippen molar-refractivity contribution in [2.45, 2.75) is 13.8 Å². The van der Waals surface area contributed by atoms with Crippen LogP contribution in [0.5, 0.6) is 0 Å². The summed E-state index contributed by atoms with van der Waals surface area (Å²) in [5, 5.41) is 19.4. The molecule has 0 aliphatic rings. The second kappa shape index (κ2) is 7.18. The summed E-state index contributed by atoms with van der Waals surface area (Å²) in [5.41, 5.74) is 6.84. The fourth-order valence-electron chi connectivity index (χ4n) is 2.53. The molecule has 0 spiro atoms. The van der Waals surface area contributed by atoms with Gasteiger partial charge < -0.3 is 9.90 Å². The Labute approximate surface area is 149 Å². The number of hydrogen-bond acceptors (Lipinski definition) is 5. The van der Waals surface area contributed by atoms with E-state index in [2.05, 4.69) is 15.6 Å². The Balaban J connectivity index is 1.78. The molecule has 26 heavy (non-hydrogen) atoms. The second-order valence-electron chi connectivity index (χ2n) is 5.71. The van der Waals surface area contributed by atoms with E-state index in [0.29, 0.717) is 5.69 Å². The van der Waals surface area contributed by atoms with Crippen LogP contribution in [0.4, 0.5) is 10.1 Å². The minimum Gasteiger partial charge on any atom is -0.545 e. The van der Waals surface area contributed by atoms with E-state index < -0.39 is 5.97 Å². The van der Waals surface area contributed by atoms with E-state index in [9.17, 15) is 14.3 Å². The third-order valence-electron chi connectivity index (χ3n) is 3.93. The van der Waals surface area contributed by atoms with Gasteiger partial charge in [0.1, 0.15) is 5.82 Å². The van der Waals surface area contributed by atoms with E-state index in [0.717, 1.165) is 22.6 Å². The van der Waals surface area contributed by atoms with Crippen molar-refractivity contribution in [2.24, 2.45) is 5.10 Å². The number of carboxylic acids is 1. The van der Waals surface area contributed by atoms with Crippen LogP contribution >= 0.6 is 0 Å². The van der Waals surface area contributed by atoms with Gasteiger partial charge in [0.25, 0.3) is 0 Å². The first-order valence-corrected chi connectivity index (χ1v) is 7.88. The smallest absolute Gasteiger partial charge is 0.123 e. The van der Waals surface area contributed by atoms with Crippen molar-refractivity contribution in [2.75, 3.05) is 5.43 Å². The predicted molar refractivity (Wildman–Crippen MR) is 95.0 cm³/mol. The Morgan fingerprint density at radius 3 is 2.42 bits per heavy atom. The summed E-state index contributed by atoms with van der Waals surface area (Å²) in [6.45, 7) is 3.77. The van der Waals surface area contributed by atoms with Crippen molar-refractivity contribution >= 4 is 17.9 Å². The lowest BCUT2D eigenvalue weighted by atomic mass is 10.2. The Hall–Kier alpha value is -3.48. The summed E-state index contributed by atoms with van der Waals surface area (Å²) >= 11 is 0. The number of carboxylic acid groups (broad SMARTS) is 1. The number of nitrogens with zero attached hydrogens (tertiary/aromatic N) is 3. The maximum atomic E-state index is 13.1. The molecule has 0 amide bonds. The number of hydrogen-bond donors (Lipinski definition) is 1. The number of benzene rings is 2. The van der Waals surface area contributed by atoms with Gasteiger partial charge >= 0.3 is 0 Å². The Morgan fingerprint density at radius 2 is 1.81 bits per heavy atom. The van der Waals surface area contributed by atoms with Crippen LogP contribution in [-0.2, 0) is 0 Å². The number of aromatic nitrogens is 2. The Morgan fingerprint density at radius 1 is 1.15 bits per heavy atom. The van der Waals surface area contributed by atoms with Gasteiger partial charge in [-0.15, -0.1) is 0 Å². The van der Waals surface area contributed by atoms with Crippen LogP contribution in [-0.4, -0.2) is 22.0 Å². The number of nitrogens with one attached hydrogen (secondary N) is 1. The minimum absolute atomic E-state index is 0.104. The van der Waals surface area contributed by atoms with Crippen molar-refractivity contribution in [3.05, 3.63) is 76.9 Å². The van der Waals surface area contributed by atoms with E-state index in [1.165, 1.54) is 24.3 Å². The van der Waals surface area contributed by atoms with E-state index in [4.69, 9.17) is 0 Å². The van der Waals surface area contributed by atoms with Gasteiger partial charge in [0.15, 0.2) is 0 Å². The monoisotopic (exact) mass is 351 g/mol. The molecule has 0 bridgehead atoms. The van der Waals surface area contributed by atoms with Gasteiger partial charge in [0.05, 0.1) is 34.9 Å². The average molecular weight is 351 g/mol. The fourth-order valence-corrected chi connectivity index (χ4v) is 2.53. The molecule has 3 aromatic rings. The number of halogens is 1. The number of carbonyl (C=O) groups excluding carboxylic acids is 1. The summed E-state index contributed by atoms with van der Waals surface area (Å²) in [5.74, 6) is -1.52. The molecular formula is C19H16FN4O2-. The molecule has 0 unspecified atom stereocenters. The molecule has 1 heterocycles. The molecule has 3 rings (SSSR count). The molecule has 6 nitrogen and oxygen atoms in total. The van der Waals surface area contributed by atoms with Crippen LogP contribution in [0.3, 0.4) is 0 Å². The lowest BCUT2D eigenvalue weighted by Gasteiger charge is -2.05. The van der Waals surface area contributed by atoms with Gasteiger partial charge in [-0.3, -0.25) is 5.43 Å². The third-order valence-corrected chi connectivity index (χ3v) is 3.93. The molecule has 1 N–H and O–H groups in total. The number of aromatic carboxylic acids is 1. The molecule has 7 heteroatoms. The second-order valence-corrected chi connectivity index (χ2v) is 5.71. The van der Waals surface area contributed by atoms with Gasteiger partial charge in [-0.1, -0.05) is 12.1 Å². The summed E-state index contributed by atoms with van der Waals surface area (Å²) in [6.07, 6.45) is 1.64. The molecule has 0 aliphatic carbocycles. The molecule has 1 aromatic heterocycles. The molecule has 0 radical (unpaired) electrons. The van der Waals surface area contributed by atoms with Crippen molar-refractivity contribution in [3.63, 3.8) is 0 Å². The van der Waals surface area contributed by atoms with Crippen LogP contribution in [0.25, 0.3) is 5.69 Å². The standard InChI is InChI=1S/C19H17FN4O2/c1-12-18(11-21-22-16-7-3-14(4-8-16)19(25)26)13(2)24(23-12)17-9-5-15(20)6-10-17/h3-11,22H,1-2H3,(H,25,26)/p-1/b21-11-. The third kappa shape index (κ3) is 3.61. The van der Waals surface area contributed by atoms with E-state index in [-0.39, 0.29) is 11.4 Å². The maximum Gasteiger partial charge on any atom is 0.123 e. The molecule has 0 saturated carbocycles. The SMILES string of the molecule is Cc1nn(-c2ccc(F)cc2)c(C)c1/C=N\Nc1ccc(C(=O)[O-])cc1. The van der Waals surface area contributed by atoms with Gasteiger partial charge in [0, 0.05) is 5.56 Å². The van der Waals surface area contributed by atoms with Crippen molar-refractivity contribution in [1.29, 1.82) is 0 Å². The topological polar surface area (TPSA) is 82.3 Å². The van der Waals surface area contributed by atoms with Gasteiger partial charge in [0.2, 0.25) is 0 Å². The number of rotatable bonds is 5. The predicted octanol–water partition coefficient (Wildman–Crippen LogP) is 2.44. The van der Waals surface area contributed by atoms with Crippen molar-refractivity contribution < 1.29 is 14.3 Å². The van der Waals surface area contributed by atoms with Crippen LogP contribution in [0, 0.1) is 19.7 Å². The van der Waals surface area contributed by atoms with Gasteiger partial charge in [-0.25, -0.2) is 9.07 Å². The zero-order valence-corrected chi connectivity index (χ0v) is 14.2. The lowest BCUT2D eigenvalue weighted by Crippen LogP contribution is -2.21. The number of aryl methyl sites for hydroxylation is 1. The van der Waals surface area contributed by atoms with E-state index in [1.54, 1.807) is 35.2 Å². The minimum atomic E-state index is -1.22. The zero-order valence-electron chi connectivity index (χ0n) is 14.2. The van der Waals surface area contributed by atoms with Crippen LogP contribution in [0.1, 0.15) is 27.3 Å². The molecule has 0 fully saturated rings. The fraction of sp³-hybridized carbons (Fsp3) is 0.105. The van der Waals surface area contributed by atoms with Crippen molar-refractivity contribution in [1.82, 2.24) is 9.78 Å². The van der Waals surface area contributed by atoms with Crippen LogP contribution in [0.2, 0.25) is 0 Å². The summed E-state index contributed by atoms with van der Waals surface area (Å²) < 4.78 is 14.8. The first-order chi connectivity index (χ1) is 12.5. The quantitative estimate of drug-likeness (QED) is 0.565. The highest BCUT2D eigenvalue weighted by Gasteiger charge is 2.11. The highest BCUT2D eigenvalue weighted by atomic mass is 19.1. The number of anilines is 1. The molecule has 2 aromatic carbocycles. The molecule has 132 valence electrons. The van der Waals surface area contributed by atoms with Crippen molar-refractivity contribution in [3.8, 4) is 5.69 Å². The Kier molecular flexibility index (Phi) is 4.79. The first-order valence-electron chi connectivity index (χ1n) is 7.88. The number of hydrazone groups is 1. The van der Waals surface area contributed by atoms with E-state index >= 15 is 0 Å². The first kappa shape index (κ1) is 17.3. The summed E-state index contributed by atoms with van der Waals surface area (Å²) in [7, 11) is 0. The highest BCUT2D eigenvalue weighted by molar-refractivity contribution is 5.86. The Bertz CT molecular complexity index is 960. The zero-order chi connectivity index (χ0) is 18.7. The molecular weight excluding hydrogens is 335 g/mol. The average Bonchev–Trinajstić information content (AvgIpc) is 2.91. The lowest BCUT2D eigenvalue weighted by molar-refractivity contribution is -0.255. The van der Waals surface area contributed by atoms with Crippen LogP contribution in [0.15, 0.2) is 53.6 Å².